The van der Waals surface area contributed by atoms with Crippen LogP contribution in [0.4, 0.5) is 0 Å². The molecular weight excluding hydrogens is 392 g/mol. The molecule has 0 aliphatic carbocycles. The van der Waals surface area contributed by atoms with Crippen LogP contribution in [0.5, 0.6) is 0 Å². The van der Waals surface area contributed by atoms with Gasteiger partial charge in [-0.05, 0) is 26.3 Å². The zero-order chi connectivity index (χ0) is 22.6. The highest BCUT2D eigenvalue weighted by molar-refractivity contribution is 5.97. The van der Waals surface area contributed by atoms with Crippen molar-refractivity contribution in [3.8, 4) is 0 Å². The van der Waals surface area contributed by atoms with E-state index in [9.17, 15) is 24.0 Å². The molecule has 9 heteroatoms. The Morgan fingerprint density at radius 3 is 2.10 bits per heavy atom. The van der Waals surface area contributed by atoms with E-state index in [2.05, 4.69) is 10.6 Å². The van der Waals surface area contributed by atoms with Crippen LogP contribution in [0.2, 0.25) is 0 Å². The monoisotopic (exact) mass is 420 g/mol. The molecule has 9 nitrogen and oxygen atoms in total. The molecule has 0 bridgehead atoms. The van der Waals surface area contributed by atoms with Gasteiger partial charge in [0, 0.05) is 12.8 Å². The second kappa shape index (κ2) is 12.4. The van der Waals surface area contributed by atoms with Crippen molar-refractivity contribution < 1.29 is 33.4 Å². The molecule has 1 aromatic carbocycles. The lowest BCUT2D eigenvalue weighted by atomic mass is 10.1. The van der Waals surface area contributed by atoms with Gasteiger partial charge in [-0.3, -0.25) is 24.0 Å². The number of esters is 2. The minimum absolute atomic E-state index is 0.101. The maximum absolute atomic E-state index is 11.7. The van der Waals surface area contributed by atoms with E-state index in [1.54, 1.807) is 32.9 Å². The molecule has 164 valence electrons. The number of nitrogens with one attached hydrogen (secondary N) is 2. The topological polar surface area (TPSA) is 128 Å². The number of hydrogen-bond acceptors (Lipinski definition) is 7. The third kappa shape index (κ3) is 12.3. The number of carbonyl (C=O) groups excluding carboxylic acids is 5. The van der Waals surface area contributed by atoms with E-state index in [1.807, 2.05) is 18.2 Å². The number of rotatable bonds is 11. The summed E-state index contributed by atoms with van der Waals surface area (Å²) < 4.78 is 10.0. The van der Waals surface area contributed by atoms with E-state index in [-0.39, 0.29) is 32.5 Å². The summed E-state index contributed by atoms with van der Waals surface area (Å²) in [4.78, 5) is 58.3. The Kier molecular flexibility index (Phi) is 10.2. The molecule has 0 unspecified atom stereocenters. The summed E-state index contributed by atoms with van der Waals surface area (Å²) in [6.07, 6.45) is -0.706. The fraction of sp³-hybridized carbons (Fsp3) is 0.476. The summed E-state index contributed by atoms with van der Waals surface area (Å²) >= 11 is 0. The number of ketones is 1. The Hall–Kier alpha value is -3.23. The van der Waals surface area contributed by atoms with Crippen molar-refractivity contribution in [2.45, 2.75) is 52.2 Å². The van der Waals surface area contributed by atoms with Crippen molar-refractivity contribution in [2.75, 3.05) is 13.1 Å². The van der Waals surface area contributed by atoms with Gasteiger partial charge >= 0.3 is 11.9 Å². The highest BCUT2D eigenvalue weighted by atomic mass is 16.6. The Morgan fingerprint density at radius 1 is 0.833 bits per heavy atom. The molecule has 0 aliphatic heterocycles. The average molecular weight is 420 g/mol. The number of Topliss-reactive ketones (excluding diaryl/α,β-unsaturated/α-hetero) is 1. The SMILES string of the molecule is CC(C)(C)OC(=O)CC(=O)CCC(=O)NCC(=O)NCC(=O)OCc1ccccc1. The summed E-state index contributed by atoms with van der Waals surface area (Å²) in [6.45, 7) is 4.51. The second-order valence-corrected chi connectivity index (χ2v) is 7.50. The normalized spacial score (nSPS) is 10.6. The molecule has 1 rings (SSSR count). The zero-order valence-corrected chi connectivity index (χ0v) is 17.5. The first-order chi connectivity index (χ1) is 14.0. The van der Waals surface area contributed by atoms with E-state index < -0.39 is 41.6 Å². The number of amides is 2. The molecule has 0 atom stereocenters. The van der Waals surface area contributed by atoms with Crippen LogP contribution >= 0.6 is 0 Å². The molecule has 0 aromatic heterocycles. The third-order valence-corrected chi connectivity index (χ3v) is 3.51. The predicted molar refractivity (Wildman–Crippen MR) is 107 cm³/mol. The average Bonchev–Trinajstić information content (AvgIpc) is 2.66. The minimum atomic E-state index is -0.684. The fourth-order valence-corrected chi connectivity index (χ4v) is 2.17. The summed E-state index contributed by atoms with van der Waals surface area (Å²) in [5, 5.41) is 4.67. The van der Waals surface area contributed by atoms with E-state index in [4.69, 9.17) is 9.47 Å². The number of benzene rings is 1. The molecule has 2 N–H and O–H groups in total. The molecular formula is C21H28N2O7. The van der Waals surface area contributed by atoms with Gasteiger partial charge in [-0.25, -0.2) is 0 Å². The lowest BCUT2D eigenvalue weighted by molar-refractivity contribution is -0.156. The lowest BCUT2D eigenvalue weighted by Gasteiger charge is -2.19. The molecule has 0 spiro atoms. The highest BCUT2D eigenvalue weighted by Gasteiger charge is 2.19. The van der Waals surface area contributed by atoms with Crippen LogP contribution in [0.25, 0.3) is 0 Å². The van der Waals surface area contributed by atoms with Gasteiger partial charge in [0.25, 0.3) is 0 Å². The number of hydrogen-bond donors (Lipinski definition) is 2. The Bertz CT molecular complexity index is 754. The van der Waals surface area contributed by atoms with Crippen molar-refractivity contribution >= 4 is 29.5 Å². The Morgan fingerprint density at radius 2 is 1.47 bits per heavy atom. The molecule has 0 heterocycles. The van der Waals surface area contributed by atoms with Gasteiger partial charge in [-0.1, -0.05) is 30.3 Å². The maximum atomic E-state index is 11.7. The van der Waals surface area contributed by atoms with Crippen LogP contribution < -0.4 is 10.6 Å². The van der Waals surface area contributed by atoms with Crippen molar-refractivity contribution in [3.63, 3.8) is 0 Å². The van der Waals surface area contributed by atoms with Crippen LogP contribution in [0.1, 0.15) is 45.6 Å². The predicted octanol–water partition coefficient (Wildman–Crippen LogP) is 1.04. The van der Waals surface area contributed by atoms with Crippen LogP contribution in [0, 0.1) is 0 Å². The van der Waals surface area contributed by atoms with Gasteiger partial charge in [0.2, 0.25) is 11.8 Å². The van der Waals surface area contributed by atoms with Crippen LogP contribution in [0.3, 0.4) is 0 Å². The minimum Gasteiger partial charge on any atom is -0.460 e. The molecule has 0 saturated carbocycles. The first kappa shape index (κ1) is 24.8. The first-order valence-electron chi connectivity index (χ1n) is 9.51. The maximum Gasteiger partial charge on any atom is 0.325 e. The van der Waals surface area contributed by atoms with Crippen molar-refractivity contribution in [1.82, 2.24) is 10.6 Å². The van der Waals surface area contributed by atoms with Crippen LogP contribution in [-0.4, -0.2) is 48.2 Å². The quantitative estimate of drug-likeness (QED) is 0.404. The molecule has 0 radical (unpaired) electrons. The molecule has 0 saturated heterocycles. The molecule has 1 aromatic rings. The van der Waals surface area contributed by atoms with Crippen LogP contribution in [-0.2, 0) is 40.1 Å². The largest absolute Gasteiger partial charge is 0.460 e. The second-order valence-electron chi connectivity index (χ2n) is 7.50. The summed E-state index contributed by atoms with van der Waals surface area (Å²) in [5.74, 6) is -2.77. The molecule has 2 amide bonds. The van der Waals surface area contributed by atoms with Crippen molar-refractivity contribution in [2.24, 2.45) is 0 Å². The highest BCUT2D eigenvalue weighted by Crippen LogP contribution is 2.09. The van der Waals surface area contributed by atoms with Crippen molar-refractivity contribution in [3.05, 3.63) is 35.9 Å². The van der Waals surface area contributed by atoms with E-state index >= 15 is 0 Å². The van der Waals surface area contributed by atoms with E-state index in [0.717, 1.165) is 5.56 Å². The third-order valence-electron chi connectivity index (χ3n) is 3.51. The van der Waals surface area contributed by atoms with E-state index in [0.29, 0.717) is 0 Å². The van der Waals surface area contributed by atoms with Gasteiger partial charge in [-0.15, -0.1) is 0 Å². The summed E-state index contributed by atoms with van der Waals surface area (Å²) in [7, 11) is 0. The molecule has 0 fully saturated rings. The number of carbonyl (C=O) groups is 5. The van der Waals surface area contributed by atoms with Crippen LogP contribution in [0.15, 0.2) is 30.3 Å². The summed E-state index contributed by atoms with van der Waals surface area (Å²) in [5.41, 5.74) is 0.140. The van der Waals surface area contributed by atoms with Gasteiger partial charge in [0.1, 0.15) is 31.0 Å². The Balaban J connectivity index is 2.15. The molecule has 30 heavy (non-hydrogen) atoms. The van der Waals surface area contributed by atoms with Gasteiger partial charge in [0.05, 0.1) is 6.54 Å². The Labute approximate surface area is 175 Å². The van der Waals surface area contributed by atoms with Gasteiger partial charge in [-0.2, -0.15) is 0 Å². The zero-order valence-electron chi connectivity index (χ0n) is 17.5. The van der Waals surface area contributed by atoms with Crippen molar-refractivity contribution in [1.29, 1.82) is 0 Å². The smallest absolute Gasteiger partial charge is 0.325 e. The summed E-state index contributed by atoms with van der Waals surface area (Å²) in [6, 6.07) is 9.09. The van der Waals surface area contributed by atoms with Gasteiger partial charge in [0.15, 0.2) is 0 Å². The first-order valence-corrected chi connectivity index (χ1v) is 9.51. The molecule has 0 aliphatic rings. The lowest BCUT2D eigenvalue weighted by Crippen LogP contribution is -2.39. The van der Waals surface area contributed by atoms with E-state index in [1.165, 1.54) is 0 Å². The standard InChI is InChI=1S/C21H28N2O7/c1-21(2,3)30-19(27)11-16(24)9-10-17(25)22-12-18(26)23-13-20(28)29-14-15-7-5-4-6-8-15/h4-8H,9-14H2,1-3H3,(H,22,25)(H,23,26). The van der Waals surface area contributed by atoms with Gasteiger partial charge < -0.3 is 20.1 Å². The number of ether oxygens (including phenoxy) is 2. The fourth-order valence-electron chi connectivity index (χ4n) is 2.17.